The number of nitrogen functional groups attached to an aromatic ring is 1. The lowest BCUT2D eigenvalue weighted by Gasteiger charge is -2.03. The first-order valence-corrected chi connectivity index (χ1v) is 4.17. The van der Waals surface area contributed by atoms with Gasteiger partial charge in [0, 0.05) is 12.2 Å². The molecule has 0 saturated heterocycles. The maximum Gasteiger partial charge on any atom is 0.273 e. The van der Waals surface area contributed by atoms with Gasteiger partial charge in [-0.05, 0) is 24.5 Å². The summed E-state index contributed by atoms with van der Waals surface area (Å²) in [6.45, 7) is 2.14. The molecule has 0 radical (unpaired) electrons. The molecule has 1 heterocycles. The van der Waals surface area contributed by atoms with Crippen LogP contribution in [0.3, 0.4) is 0 Å². The minimum Gasteiger partial charge on any atom is -0.394 e. The molecule has 1 aliphatic carbocycles. The number of nitrogens with two attached hydrogens (primary N) is 1. The van der Waals surface area contributed by atoms with Crippen molar-refractivity contribution in [2.24, 2.45) is 5.92 Å². The van der Waals surface area contributed by atoms with Crippen molar-refractivity contribution in [2.45, 2.75) is 19.4 Å². The first-order valence-electron chi connectivity index (χ1n) is 4.17. The van der Waals surface area contributed by atoms with Crippen molar-refractivity contribution in [1.82, 2.24) is 4.57 Å². The third-order valence-corrected chi connectivity index (χ3v) is 2.43. The van der Waals surface area contributed by atoms with Gasteiger partial charge in [0.1, 0.15) is 0 Å². The van der Waals surface area contributed by atoms with E-state index < -0.39 is 0 Å². The van der Waals surface area contributed by atoms with Crippen LogP contribution in [0.15, 0.2) is 23.1 Å². The van der Waals surface area contributed by atoms with Crippen LogP contribution in [0.1, 0.15) is 19.4 Å². The van der Waals surface area contributed by atoms with E-state index in [9.17, 15) is 4.79 Å². The van der Waals surface area contributed by atoms with Gasteiger partial charge in [-0.3, -0.25) is 4.79 Å². The van der Waals surface area contributed by atoms with Gasteiger partial charge in [-0.25, -0.2) is 0 Å². The number of aromatic nitrogens is 1. The quantitative estimate of drug-likeness (QED) is 0.746. The first kappa shape index (κ1) is 10.1. The van der Waals surface area contributed by atoms with Gasteiger partial charge in [0.15, 0.2) is 0 Å². The minimum atomic E-state index is -0.0492. The molecule has 0 aromatic carbocycles. The number of anilines is 1. The monoisotopic (exact) mass is 200 g/mol. The van der Waals surface area contributed by atoms with E-state index in [1.54, 1.807) is 10.6 Å². The van der Waals surface area contributed by atoms with E-state index in [1.807, 2.05) is 12.3 Å². The van der Waals surface area contributed by atoms with Crippen LogP contribution in [-0.4, -0.2) is 4.57 Å². The second-order valence-corrected chi connectivity index (χ2v) is 3.46. The molecule has 1 aromatic rings. The molecule has 1 fully saturated rings. The lowest BCUT2D eigenvalue weighted by atomic mass is 10.4. The number of halogens is 1. The van der Waals surface area contributed by atoms with Crippen LogP contribution in [-0.2, 0) is 0 Å². The second-order valence-electron chi connectivity index (χ2n) is 3.46. The van der Waals surface area contributed by atoms with Gasteiger partial charge >= 0.3 is 0 Å². The maximum atomic E-state index is 11.4. The van der Waals surface area contributed by atoms with E-state index in [4.69, 9.17) is 5.73 Å². The van der Waals surface area contributed by atoms with Crippen LogP contribution in [0, 0.1) is 5.92 Å². The predicted molar refractivity (Wildman–Crippen MR) is 55.2 cm³/mol. The number of pyridine rings is 1. The Balaban J connectivity index is 0.000000845. The zero-order valence-corrected chi connectivity index (χ0v) is 8.25. The van der Waals surface area contributed by atoms with Crippen LogP contribution in [0.2, 0.25) is 0 Å². The van der Waals surface area contributed by atoms with E-state index in [1.165, 1.54) is 0 Å². The highest BCUT2D eigenvalue weighted by molar-refractivity contribution is 5.85. The first-order chi connectivity index (χ1) is 5.70. The SMILES string of the molecule is C[C@@H]1C[C@@H]1n1cccc(N)c1=O.Cl. The van der Waals surface area contributed by atoms with Crippen molar-refractivity contribution in [3.63, 3.8) is 0 Å². The summed E-state index contributed by atoms with van der Waals surface area (Å²) in [6, 6.07) is 3.86. The molecule has 2 N–H and O–H groups in total. The Kier molecular flexibility index (Phi) is 2.66. The lowest BCUT2D eigenvalue weighted by molar-refractivity contribution is 0.661. The van der Waals surface area contributed by atoms with Gasteiger partial charge < -0.3 is 10.3 Å². The molecule has 0 amide bonds. The molecule has 0 unspecified atom stereocenters. The molecule has 1 saturated carbocycles. The molecule has 3 nitrogen and oxygen atoms in total. The van der Waals surface area contributed by atoms with Crippen molar-refractivity contribution in [3.05, 3.63) is 28.7 Å². The number of rotatable bonds is 1. The van der Waals surface area contributed by atoms with Gasteiger partial charge in [0.05, 0.1) is 5.69 Å². The summed E-state index contributed by atoms with van der Waals surface area (Å²) in [5, 5.41) is 0. The maximum absolute atomic E-state index is 11.4. The highest BCUT2D eigenvalue weighted by atomic mass is 35.5. The third-order valence-electron chi connectivity index (χ3n) is 2.43. The normalized spacial score (nSPS) is 25.0. The molecule has 1 aliphatic rings. The molecule has 13 heavy (non-hydrogen) atoms. The van der Waals surface area contributed by atoms with Crippen LogP contribution >= 0.6 is 12.4 Å². The van der Waals surface area contributed by atoms with E-state index in [-0.39, 0.29) is 18.0 Å². The fraction of sp³-hybridized carbons (Fsp3) is 0.444. The van der Waals surface area contributed by atoms with Crippen LogP contribution in [0.5, 0.6) is 0 Å². The molecule has 72 valence electrons. The summed E-state index contributed by atoms with van der Waals surface area (Å²) < 4.78 is 1.74. The molecular weight excluding hydrogens is 188 g/mol. The number of hydrogen-bond acceptors (Lipinski definition) is 2. The van der Waals surface area contributed by atoms with E-state index in [2.05, 4.69) is 6.92 Å². The molecule has 0 bridgehead atoms. The highest BCUT2D eigenvalue weighted by Crippen LogP contribution is 2.41. The number of hydrogen-bond donors (Lipinski definition) is 1. The fourth-order valence-electron chi connectivity index (χ4n) is 1.48. The molecule has 2 rings (SSSR count). The lowest BCUT2D eigenvalue weighted by Crippen LogP contribution is -2.21. The van der Waals surface area contributed by atoms with Gasteiger partial charge in [-0.15, -0.1) is 12.4 Å². The van der Waals surface area contributed by atoms with E-state index in [0.29, 0.717) is 17.6 Å². The van der Waals surface area contributed by atoms with Crippen molar-refractivity contribution >= 4 is 18.1 Å². The van der Waals surface area contributed by atoms with Crippen LogP contribution in [0.25, 0.3) is 0 Å². The fourth-order valence-corrected chi connectivity index (χ4v) is 1.48. The zero-order valence-electron chi connectivity index (χ0n) is 7.43. The van der Waals surface area contributed by atoms with Crippen molar-refractivity contribution in [3.8, 4) is 0 Å². The van der Waals surface area contributed by atoms with Crippen molar-refractivity contribution in [1.29, 1.82) is 0 Å². The Morgan fingerprint density at radius 2 is 2.23 bits per heavy atom. The number of nitrogens with zero attached hydrogens (tertiary/aromatic N) is 1. The van der Waals surface area contributed by atoms with Gasteiger partial charge in [0.2, 0.25) is 0 Å². The summed E-state index contributed by atoms with van der Waals surface area (Å²) in [7, 11) is 0. The standard InChI is InChI=1S/C9H12N2O.ClH/c1-6-5-8(6)11-4-2-3-7(10)9(11)12;/h2-4,6,8H,5,10H2,1H3;1H/t6-,8+;/m1./s1. The zero-order chi connectivity index (χ0) is 8.72. The highest BCUT2D eigenvalue weighted by Gasteiger charge is 2.34. The summed E-state index contributed by atoms with van der Waals surface area (Å²) in [4.78, 5) is 11.4. The molecule has 1 aromatic heterocycles. The predicted octanol–water partition coefficient (Wildman–Crippen LogP) is 1.43. The van der Waals surface area contributed by atoms with Crippen LogP contribution in [0.4, 0.5) is 5.69 Å². The van der Waals surface area contributed by atoms with Crippen molar-refractivity contribution < 1.29 is 0 Å². The Hall–Kier alpha value is -0.960. The summed E-state index contributed by atoms with van der Waals surface area (Å²) in [6.07, 6.45) is 2.91. The Morgan fingerprint density at radius 1 is 1.62 bits per heavy atom. The average molecular weight is 201 g/mol. The largest absolute Gasteiger partial charge is 0.394 e. The minimum absolute atomic E-state index is 0. The molecule has 2 atom stereocenters. The van der Waals surface area contributed by atoms with Gasteiger partial charge in [-0.1, -0.05) is 6.92 Å². The topological polar surface area (TPSA) is 48.0 Å². The van der Waals surface area contributed by atoms with E-state index >= 15 is 0 Å². The van der Waals surface area contributed by atoms with Crippen LogP contribution < -0.4 is 11.3 Å². The molecular formula is C9H13ClN2O. The van der Waals surface area contributed by atoms with Gasteiger partial charge in [-0.2, -0.15) is 0 Å². The summed E-state index contributed by atoms with van der Waals surface area (Å²) in [5.74, 6) is 0.629. The van der Waals surface area contributed by atoms with Crippen molar-refractivity contribution in [2.75, 3.05) is 5.73 Å². The van der Waals surface area contributed by atoms with E-state index in [0.717, 1.165) is 6.42 Å². The van der Waals surface area contributed by atoms with Gasteiger partial charge in [0.25, 0.3) is 5.56 Å². The molecule has 4 heteroatoms. The third kappa shape index (κ3) is 1.70. The summed E-state index contributed by atoms with van der Waals surface area (Å²) in [5.41, 5.74) is 5.79. The Bertz CT molecular complexity index is 361. The Morgan fingerprint density at radius 3 is 2.77 bits per heavy atom. The Labute approximate surface area is 83.0 Å². The molecule has 0 aliphatic heterocycles. The smallest absolute Gasteiger partial charge is 0.273 e. The average Bonchev–Trinajstić information content (AvgIpc) is 2.73. The summed E-state index contributed by atoms with van der Waals surface area (Å²) >= 11 is 0. The second kappa shape index (κ2) is 3.42. The molecule has 0 spiro atoms.